The van der Waals surface area contributed by atoms with Crippen molar-refractivity contribution in [2.75, 3.05) is 63.0 Å². The minimum absolute atomic E-state index is 0.223. The van der Waals surface area contributed by atoms with Crippen molar-refractivity contribution in [3.8, 4) is 0 Å². The van der Waals surface area contributed by atoms with Crippen molar-refractivity contribution in [1.29, 1.82) is 0 Å². The molecule has 0 spiro atoms. The second-order valence-electron chi connectivity index (χ2n) is 9.33. The molecule has 0 aliphatic rings. The molecule has 0 saturated heterocycles. The van der Waals surface area contributed by atoms with Gasteiger partial charge in [0, 0.05) is 35.2 Å². The van der Waals surface area contributed by atoms with Gasteiger partial charge in [-0.1, -0.05) is 39.8 Å². The van der Waals surface area contributed by atoms with Gasteiger partial charge in [0.2, 0.25) is 0 Å². The Labute approximate surface area is 226 Å². The highest BCUT2D eigenvalue weighted by Gasteiger charge is 2.08. The Balaban J connectivity index is 1.57. The summed E-state index contributed by atoms with van der Waals surface area (Å²) in [6.07, 6.45) is 1.82. The highest BCUT2D eigenvalue weighted by molar-refractivity contribution is 5.98. The van der Waals surface area contributed by atoms with Gasteiger partial charge in [-0.2, -0.15) is 0 Å². The van der Waals surface area contributed by atoms with Gasteiger partial charge < -0.3 is 31.1 Å². The third-order valence-electron chi connectivity index (χ3n) is 6.79. The van der Waals surface area contributed by atoms with Gasteiger partial charge >= 0.3 is 12.1 Å². The summed E-state index contributed by atoms with van der Waals surface area (Å²) in [6.45, 7) is 15.8. The number of nitrogens with one attached hydrogen (secondary N) is 4. The van der Waals surface area contributed by atoms with Crippen molar-refractivity contribution < 1.29 is 9.59 Å². The van der Waals surface area contributed by atoms with E-state index in [9.17, 15) is 9.59 Å². The van der Waals surface area contributed by atoms with Crippen molar-refractivity contribution in [1.82, 2.24) is 25.4 Å². The molecule has 1 aromatic heterocycles. The molecule has 0 saturated carbocycles. The molecule has 4 N–H and O–H groups in total. The quantitative estimate of drug-likeness (QED) is 0.175. The molecule has 0 radical (unpaired) electrons. The largest absolute Gasteiger partial charge is 0.338 e. The Morgan fingerprint density at radius 1 is 0.658 bits per heavy atom. The maximum Gasteiger partial charge on any atom is 0.319 e. The minimum atomic E-state index is -0.223. The van der Waals surface area contributed by atoms with E-state index in [1.165, 1.54) is 0 Å². The van der Waals surface area contributed by atoms with Gasteiger partial charge in [-0.3, -0.25) is 0 Å². The van der Waals surface area contributed by atoms with Crippen molar-refractivity contribution in [2.45, 2.75) is 40.5 Å². The van der Waals surface area contributed by atoms with Crippen molar-refractivity contribution in [3.05, 3.63) is 42.5 Å². The Morgan fingerprint density at radius 3 is 1.47 bits per heavy atom. The van der Waals surface area contributed by atoms with Crippen molar-refractivity contribution in [3.63, 3.8) is 0 Å². The second-order valence-corrected chi connectivity index (χ2v) is 9.33. The van der Waals surface area contributed by atoms with E-state index >= 15 is 0 Å². The average molecular weight is 522 g/mol. The zero-order valence-corrected chi connectivity index (χ0v) is 23.3. The predicted octanol–water partition coefficient (Wildman–Crippen LogP) is 5.09. The lowest BCUT2D eigenvalue weighted by atomic mass is 10.1. The molecule has 9 heteroatoms. The van der Waals surface area contributed by atoms with E-state index < -0.39 is 0 Å². The van der Waals surface area contributed by atoms with Gasteiger partial charge in [0.05, 0.1) is 11.0 Å². The lowest BCUT2D eigenvalue weighted by Crippen LogP contribution is -2.32. The Kier molecular flexibility index (Phi) is 11.6. The number of fused-ring (bicyclic) bond motifs is 2. The van der Waals surface area contributed by atoms with Crippen molar-refractivity contribution in [2.24, 2.45) is 0 Å². The van der Waals surface area contributed by atoms with Crippen LogP contribution in [0.3, 0.4) is 0 Å². The van der Waals surface area contributed by atoms with Crippen LogP contribution in [-0.2, 0) is 0 Å². The topological polar surface area (TPSA) is 102 Å². The molecule has 1 heterocycles. The fraction of sp³-hybridized carbons (Fsp3) is 0.483. The molecule has 0 aliphatic carbocycles. The zero-order chi connectivity index (χ0) is 27.3. The summed E-state index contributed by atoms with van der Waals surface area (Å²) in [5.41, 5.74) is 2.91. The summed E-state index contributed by atoms with van der Waals surface area (Å²) in [5, 5.41) is 13.6. The SMILES string of the molecule is CCN(CC)CCCNC(=O)Nc1ccc2cc3ccc(NC(=O)NCCCN(CC)CC)cc3nc2c1. The Bertz CT molecular complexity index is 1100. The molecule has 38 heavy (non-hydrogen) atoms. The molecule has 4 amide bonds. The highest BCUT2D eigenvalue weighted by Crippen LogP contribution is 2.24. The van der Waals surface area contributed by atoms with Crippen LogP contribution in [-0.4, -0.2) is 79.2 Å². The summed E-state index contributed by atoms with van der Waals surface area (Å²) in [7, 11) is 0. The smallest absolute Gasteiger partial charge is 0.319 e. The van der Waals surface area contributed by atoms with E-state index in [0.717, 1.165) is 73.9 Å². The van der Waals surface area contributed by atoms with Gasteiger partial charge in [0.15, 0.2) is 0 Å². The molecule has 3 aromatic rings. The van der Waals surface area contributed by atoms with Crippen LogP contribution in [0.5, 0.6) is 0 Å². The maximum atomic E-state index is 12.3. The average Bonchev–Trinajstić information content (AvgIpc) is 2.92. The van der Waals surface area contributed by atoms with Crippen LogP contribution < -0.4 is 21.3 Å². The van der Waals surface area contributed by atoms with Gasteiger partial charge in [0.1, 0.15) is 0 Å². The van der Waals surface area contributed by atoms with Crippen LogP contribution in [0.15, 0.2) is 42.5 Å². The van der Waals surface area contributed by atoms with Crippen LogP contribution in [0, 0.1) is 0 Å². The minimum Gasteiger partial charge on any atom is -0.338 e. The van der Waals surface area contributed by atoms with Crippen LogP contribution >= 0.6 is 0 Å². The normalized spacial score (nSPS) is 11.3. The molecule has 0 unspecified atom stereocenters. The number of hydrogen-bond acceptors (Lipinski definition) is 5. The summed E-state index contributed by atoms with van der Waals surface area (Å²) >= 11 is 0. The zero-order valence-electron chi connectivity index (χ0n) is 23.3. The van der Waals surface area contributed by atoms with Crippen LogP contribution in [0.1, 0.15) is 40.5 Å². The fourth-order valence-corrected chi connectivity index (χ4v) is 4.42. The fourth-order valence-electron chi connectivity index (χ4n) is 4.42. The third kappa shape index (κ3) is 8.85. The van der Waals surface area contributed by atoms with Crippen LogP contribution in [0.4, 0.5) is 21.0 Å². The van der Waals surface area contributed by atoms with E-state index in [-0.39, 0.29) is 12.1 Å². The van der Waals surface area contributed by atoms with E-state index in [0.29, 0.717) is 24.5 Å². The Morgan fingerprint density at radius 2 is 1.08 bits per heavy atom. The highest BCUT2D eigenvalue weighted by atomic mass is 16.2. The first-order valence-corrected chi connectivity index (χ1v) is 13.8. The first-order valence-electron chi connectivity index (χ1n) is 13.8. The van der Waals surface area contributed by atoms with E-state index in [4.69, 9.17) is 4.98 Å². The first kappa shape index (κ1) is 29.1. The molecule has 206 valence electrons. The van der Waals surface area contributed by atoms with Crippen molar-refractivity contribution >= 4 is 45.2 Å². The first-order chi connectivity index (χ1) is 18.4. The number of rotatable bonds is 14. The molecule has 0 atom stereocenters. The standard InChI is InChI=1S/C29H43N7O2/c1-5-35(6-2)17-9-15-30-28(37)32-24-13-11-22-19-23-12-14-25(21-27(23)34-26(22)20-24)33-29(38)31-16-10-18-36(7-3)8-4/h11-14,19-21H,5-10,15-18H2,1-4H3,(H2,30,32,37)(H2,31,33,38). The van der Waals surface area contributed by atoms with E-state index in [1.54, 1.807) is 0 Å². The summed E-state index contributed by atoms with van der Waals surface area (Å²) in [5.74, 6) is 0. The summed E-state index contributed by atoms with van der Waals surface area (Å²) in [4.78, 5) is 34.1. The summed E-state index contributed by atoms with van der Waals surface area (Å²) in [6, 6.07) is 13.0. The molecule has 0 bridgehead atoms. The molecule has 9 nitrogen and oxygen atoms in total. The molecular formula is C29H43N7O2. The number of nitrogens with zero attached hydrogens (tertiary/aromatic N) is 3. The number of urea groups is 2. The second kappa shape index (κ2) is 15.1. The third-order valence-corrected chi connectivity index (χ3v) is 6.79. The number of amides is 4. The lowest BCUT2D eigenvalue weighted by Gasteiger charge is -2.17. The number of hydrogen-bond donors (Lipinski definition) is 4. The molecule has 0 aliphatic heterocycles. The maximum absolute atomic E-state index is 12.3. The number of pyridine rings is 1. The number of aromatic nitrogens is 1. The molecule has 0 fully saturated rings. The number of carbonyl (C=O) groups is 2. The lowest BCUT2D eigenvalue weighted by molar-refractivity contribution is 0.249. The number of benzene rings is 2. The molecule has 3 rings (SSSR count). The summed E-state index contributed by atoms with van der Waals surface area (Å²) < 4.78 is 0. The Hall–Kier alpha value is -3.43. The van der Waals surface area contributed by atoms with Gasteiger partial charge in [-0.05, 0) is 82.4 Å². The molecule has 2 aromatic carbocycles. The number of anilines is 2. The predicted molar refractivity (Wildman–Crippen MR) is 158 cm³/mol. The molecular weight excluding hydrogens is 478 g/mol. The van der Waals surface area contributed by atoms with E-state index in [1.807, 2.05) is 36.4 Å². The number of carbonyl (C=O) groups excluding carboxylic acids is 2. The van der Waals surface area contributed by atoms with Gasteiger partial charge in [-0.25, -0.2) is 14.6 Å². The van der Waals surface area contributed by atoms with E-state index in [2.05, 4.69) is 64.8 Å². The van der Waals surface area contributed by atoms with Crippen LogP contribution in [0.2, 0.25) is 0 Å². The van der Waals surface area contributed by atoms with Crippen LogP contribution in [0.25, 0.3) is 21.8 Å². The van der Waals surface area contributed by atoms with Gasteiger partial charge in [0.25, 0.3) is 0 Å². The van der Waals surface area contributed by atoms with Gasteiger partial charge in [-0.15, -0.1) is 0 Å². The monoisotopic (exact) mass is 521 g/mol.